The van der Waals surface area contributed by atoms with E-state index in [9.17, 15) is 8.42 Å². The summed E-state index contributed by atoms with van der Waals surface area (Å²) < 4.78 is 31.0. The monoisotopic (exact) mass is 311 g/mol. The number of hydrogen-bond donors (Lipinski definition) is 1. The minimum atomic E-state index is -3.34. The van der Waals surface area contributed by atoms with Gasteiger partial charge in [0.15, 0.2) is 9.84 Å². The van der Waals surface area contributed by atoms with Crippen LogP contribution >= 0.6 is 0 Å². The molecule has 2 rings (SSSR count). The molecule has 1 aromatic carbocycles. The predicted molar refractivity (Wildman–Crippen MR) is 84.4 cm³/mol. The first-order valence-corrected chi connectivity index (χ1v) is 8.93. The molecule has 0 heterocycles. The predicted octanol–water partition coefficient (Wildman–Crippen LogP) is 2.64. The van der Waals surface area contributed by atoms with E-state index in [0.717, 1.165) is 12.8 Å². The molecule has 1 fully saturated rings. The van der Waals surface area contributed by atoms with Crippen molar-refractivity contribution in [2.75, 3.05) is 14.2 Å². The zero-order valence-electron chi connectivity index (χ0n) is 13.2. The van der Waals surface area contributed by atoms with Crippen LogP contribution in [0.25, 0.3) is 0 Å². The molecule has 0 amide bonds. The van der Waals surface area contributed by atoms with Crippen molar-refractivity contribution in [2.45, 2.75) is 49.3 Å². The summed E-state index contributed by atoms with van der Waals surface area (Å²) in [6.45, 7) is 4.29. The van der Waals surface area contributed by atoms with Crippen LogP contribution in [-0.2, 0) is 9.84 Å². The van der Waals surface area contributed by atoms with Crippen molar-refractivity contribution < 1.29 is 13.2 Å². The van der Waals surface area contributed by atoms with Crippen LogP contribution in [0.15, 0.2) is 29.2 Å². The lowest BCUT2D eigenvalue weighted by atomic mass is 9.73. The Balaban J connectivity index is 2.36. The number of nitrogens with one attached hydrogen (secondary N) is 1. The molecule has 2 atom stereocenters. The molecule has 0 aromatic heterocycles. The van der Waals surface area contributed by atoms with Crippen LogP contribution in [0.1, 0.15) is 33.1 Å². The molecule has 0 bridgehead atoms. The van der Waals surface area contributed by atoms with Crippen LogP contribution in [-0.4, -0.2) is 33.9 Å². The number of ether oxygens (including phenoxy) is 1. The van der Waals surface area contributed by atoms with Gasteiger partial charge in [0.2, 0.25) is 0 Å². The average molecular weight is 311 g/mol. The van der Waals surface area contributed by atoms with Crippen LogP contribution in [0, 0.1) is 5.41 Å². The van der Waals surface area contributed by atoms with Gasteiger partial charge in [0.05, 0.1) is 17.3 Å². The molecule has 21 heavy (non-hydrogen) atoms. The van der Waals surface area contributed by atoms with Gasteiger partial charge in [-0.05, 0) is 49.6 Å². The van der Waals surface area contributed by atoms with Gasteiger partial charge >= 0.3 is 0 Å². The highest BCUT2D eigenvalue weighted by molar-refractivity contribution is 7.92. The fourth-order valence-corrected chi connectivity index (χ4v) is 5.64. The number of rotatable bonds is 4. The second-order valence-electron chi connectivity index (χ2n) is 6.41. The third-order valence-corrected chi connectivity index (χ3v) is 6.86. The Labute approximate surface area is 127 Å². The zero-order valence-corrected chi connectivity index (χ0v) is 14.0. The molecule has 1 aromatic rings. The Morgan fingerprint density at radius 3 is 2.38 bits per heavy atom. The minimum Gasteiger partial charge on any atom is -0.497 e. The van der Waals surface area contributed by atoms with E-state index in [0.29, 0.717) is 17.1 Å². The highest BCUT2D eigenvalue weighted by atomic mass is 32.2. The van der Waals surface area contributed by atoms with Crippen molar-refractivity contribution in [1.29, 1.82) is 0 Å². The Bertz CT molecular complexity index is 578. The van der Waals surface area contributed by atoms with E-state index in [1.54, 1.807) is 31.4 Å². The first-order valence-electron chi connectivity index (χ1n) is 7.38. The molecule has 118 valence electrons. The first kappa shape index (κ1) is 16.3. The topological polar surface area (TPSA) is 55.4 Å². The quantitative estimate of drug-likeness (QED) is 0.929. The van der Waals surface area contributed by atoms with Gasteiger partial charge in [-0.15, -0.1) is 0 Å². The lowest BCUT2D eigenvalue weighted by Crippen LogP contribution is -2.54. The normalized spacial score (nSPS) is 25.5. The van der Waals surface area contributed by atoms with Crippen LogP contribution < -0.4 is 10.1 Å². The molecule has 1 aliphatic carbocycles. The maximum absolute atomic E-state index is 13.0. The first-order chi connectivity index (χ1) is 9.82. The highest BCUT2D eigenvalue weighted by Gasteiger charge is 2.44. The van der Waals surface area contributed by atoms with Crippen molar-refractivity contribution in [3.8, 4) is 5.75 Å². The molecule has 0 radical (unpaired) electrons. The van der Waals surface area contributed by atoms with E-state index in [-0.39, 0.29) is 16.7 Å². The van der Waals surface area contributed by atoms with E-state index < -0.39 is 9.84 Å². The number of sulfone groups is 1. The van der Waals surface area contributed by atoms with E-state index >= 15 is 0 Å². The summed E-state index contributed by atoms with van der Waals surface area (Å²) >= 11 is 0. The molecule has 0 aliphatic heterocycles. The summed E-state index contributed by atoms with van der Waals surface area (Å²) in [7, 11) is 0.0917. The van der Waals surface area contributed by atoms with Crippen LogP contribution in [0.2, 0.25) is 0 Å². The summed E-state index contributed by atoms with van der Waals surface area (Å²) in [5.74, 6) is 0.670. The van der Waals surface area contributed by atoms with Gasteiger partial charge in [0, 0.05) is 6.04 Å². The lowest BCUT2D eigenvalue weighted by molar-refractivity contribution is 0.178. The number of methoxy groups -OCH3 is 1. The Morgan fingerprint density at radius 1 is 1.24 bits per heavy atom. The maximum atomic E-state index is 13.0. The maximum Gasteiger partial charge on any atom is 0.182 e. The molecular weight excluding hydrogens is 286 g/mol. The van der Waals surface area contributed by atoms with E-state index in [4.69, 9.17) is 4.74 Å². The van der Waals surface area contributed by atoms with Crippen molar-refractivity contribution in [3.63, 3.8) is 0 Å². The smallest absolute Gasteiger partial charge is 0.182 e. The fourth-order valence-electron chi connectivity index (χ4n) is 3.44. The summed E-state index contributed by atoms with van der Waals surface area (Å²) in [4.78, 5) is 0.381. The highest BCUT2D eigenvalue weighted by Crippen LogP contribution is 2.40. The molecule has 0 spiro atoms. The summed E-state index contributed by atoms with van der Waals surface area (Å²) in [5.41, 5.74) is -0.0167. The van der Waals surface area contributed by atoms with Gasteiger partial charge < -0.3 is 10.1 Å². The van der Waals surface area contributed by atoms with Crippen LogP contribution in [0.5, 0.6) is 5.75 Å². The van der Waals surface area contributed by atoms with Gasteiger partial charge in [0.25, 0.3) is 0 Å². The number of benzene rings is 1. The minimum absolute atomic E-state index is 0.0167. The molecule has 0 saturated heterocycles. The third-order valence-electron chi connectivity index (χ3n) is 4.62. The SMILES string of the molecule is CNC1C(S(=O)(=O)c2ccc(OC)cc2)CCCC1(C)C. The Hall–Kier alpha value is -1.07. The molecule has 1 saturated carbocycles. The molecule has 5 heteroatoms. The van der Waals surface area contributed by atoms with E-state index in [2.05, 4.69) is 19.2 Å². The van der Waals surface area contributed by atoms with Gasteiger partial charge in [0.1, 0.15) is 5.75 Å². The lowest BCUT2D eigenvalue weighted by Gasteiger charge is -2.43. The van der Waals surface area contributed by atoms with Gasteiger partial charge in [-0.3, -0.25) is 0 Å². The summed E-state index contributed by atoms with van der Waals surface area (Å²) in [6, 6.07) is 6.66. The summed E-state index contributed by atoms with van der Waals surface area (Å²) in [5, 5.41) is 2.86. The van der Waals surface area contributed by atoms with E-state index in [1.807, 2.05) is 7.05 Å². The fraction of sp³-hybridized carbons (Fsp3) is 0.625. The summed E-state index contributed by atoms with van der Waals surface area (Å²) in [6.07, 6.45) is 2.71. The second kappa shape index (κ2) is 5.97. The average Bonchev–Trinajstić information content (AvgIpc) is 2.46. The molecule has 4 nitrogen and oxygen atoms in total. The molecule has 2 unspecified atom stereocenters. The van der Waals surface area contributed by atoms with Crippen molar-refractivity contribution >= 4 is 9.84 Å². The second-order valence-corrected chi connectivity index (χ2v) is 8.57. The van der Waals surface area contributed by atoms with Gasteiger partial charge in [-0.25, -0.2) is 8.42 Å². The van der Waals surface area contributed by atoms with E-state index in [1.165, 1.54) is 0 Å². The zero-order chi connectivity index (χ0) is 15.7. The third kappa shape index (κ3) is 3.09. The van der Waals surface area contributed by atoms with Gasteiger partial charge in [-0.1, -0.05) is 20.3 Å². The van der Waals surface area contributed by atoms with Crippen molar-refractivity contribution in [1.82, 2.24) is 5.32 Å². The standard InChI is InChI=1S/C16H25NO3S/c1-16(2)11-5-6-14(15(16)17-3)21(18,19)13-9-7-12(20-4)8-10-13/h7-10,14-15,17H,5-6,11H2,1-4H3. The number of hydrogen-bond acceptors (Lipinski definition) is 4. The Kier molecular flexibility index (Phi) is 4.63. The molecule has 1 aliphatic rings. The van der Waals surface area contributed by atoms with Gasteiger partial charge in [-0.2, -0.15) is 0 Å². The van der Waals surface area contributed by atoms with Crippen LogP contribution in [0.3, 0.4) is 0 Å². The van der Waals surface area contributed by atoms with Crippen molar-refractivity contribution in [3.05, 3.63) is 24.3 Å². The molecular formula is C16H25NO3S. The Morgan fingerprint density at radius 2 is 1.86 bits per heavy atom. The van der Waals surface area contributed by atoms with Crippen molar-refractivity contribution in [2.24, 2.45) is 5.41 Å². The molecule has 1 N–H and O–H groups in total. The largest absolute Gasteiger partial charge is 0.497 e. The van der Waals surface area contributed by atoms with Crippen LogP contribution in [0.4, 0.5) is 0 Å².